The van der Waals surface area contributed by atoms with Crippen LogP contribution in [0.15, 0.2) is 0 Å². The van der Waals surface area contributed by atoms with Gasteiger partial charge in [0.15, 0.2) is 0 Å². The van der Waals surface area contributed by atoms with Crippen LogP contribution in [0, 0.1) is 11.8 Å². The van der Waals surface area contributed by atoms with E-state index < -0.39 is 0 Å². The fourth-order valence-electron chi connectivity index (χ4n) is 4.75. The van der Waals surface area contributed by atoms with E-state index in [9.17, 15) is 0 Å². The van der Waals surface area contributed by atoms with Crippen LogP contribution in [0.3, 0.4) is 0 Å². The third-order valence-electron chi connectivity index (χ3n) is 6.04. The molecule has 0 spiro atoms. The van der Waals surface area contributed by atoms with Crippen LogP contribution in [-0.2, 0) is 0 Å². The predicted octanol–water partition coefficient (Wildman–Crippen LogP) is 3.42. The molecule has 1 aliphatic carbocycles. The van der Waals surface area contributed by atoms with E-state index in [0.717, 1.165) is 23.9 Å². The molecule has 0 amide bonds. The second-order valence-corrected chi connectivity index (χ2v) is 7.40. The lowest BCUT2D eigenvalue weighted by Gasteiger charge is -2.36. The average Bonchev–Trinajstić information content (AvgIpc) is 2.68. The molecule has 0 aromatic heterocycles. The maximum Gasteiger partial charge on any atom is 0.00988 e. The first-order valence-corrected chi connectivity index (χ1v) is 8.75. The highest BCUT2D eigenvalue weighted by Gasteiger charge is 2.37. The van der Waals surface area contributed by atoms with Crippen molar-refractivity contribution in [1.29, 1.82) is 0 Å². The molecule has 0 aromatic carbocycles. The molecular weight excluding hydrogens is 232 g/mol. The van der Waals surface area contributed by atoms with E-state index in [-0.39, 0.29) is 0 Å². The van der Waals surface area contributed by atoms with Gasteiger partial charge in [0, 0.05) is 12.1 Å². The van der Waals surface area contributed by atoms with Crippen molar-refractivity contribution in [3.8, 4) is 0 Å². The van der Waals surface area contributed by atoms with Crippen molar-refractivity contribution in [3.63, 3.8) is 0 Å². The van der Waals surface area contributed by atoms with Crippen molar-refractivity contribution >= 4 is 0 Å². The molecule has 2 saturated heterocycles. The molecule has 2 aliphatic heterocycles. The molecule has 1 saturated carbocycles. The van der Waals surface area contributed by atoms with Gasteiger partial charge >= 0.3 is 0 Å². The Labute approximate surface area is 119 Å². The molecule has 1 N–H and O–H groups in total. The minimum Gasteiger partial charge on any atom is -0.316 e. The summed E-state index contributed by atoms with van der Waals surface area (Å²) < 4.78 is 0. The first-order chi connectivity index (χ1) is 9.33. The van der Waals surface area contributed by atoms with Gasteiger partial charge in [0.25, 0.3) is 0 Å². The summed E-state index contributed by atoms with van der Waals surface area (Å²) in [4.78, 5) is 2.65. The smallest absolute Gasteiger partial charge is 0.00988 e. The van der Waals surface area contributed by atoms with Crippen LogP contribution in [0.4, 0.5) is 0 Å². The van der Waals surface area contributed by atoms with Crippen LogP contribution in [0.2, 0.25) is 0 Å². The van der Waals surface area contributed by atoms with Gasteiger partial charge in [-0.25, -0.2) is 0 Å². The van der Waals surface area contributed by atoms with Crippen LogP contribution < -0.4 is 5.32 Å². The van der Waals surface area contributed by atoms with Gasteiger partial charge in [-0.3, -0.25) is 0 Å². The van der Waals surface area contributed by atoms with Crippen LogP contribution >= 0.6 is 0 Å². The maximum absolute atomic E-state index is 3.82. The van der Waals surface area contributed by atoms with Gasteiger partial charge in [-0.15, -0.1) is 0 Å². The molecule has 0 radical (unpaired) electrons. The summed E-state index contributed by atoms with van der Waals surface area (Å²) in [6, 6.07) is 1.81. The summed E-state index contributed by atoms with van der Waals surface area (Å²) in [5.74, 6) is 1.94. The third kappa shape index (κ3) is 3.52. The third-order valence-corrected chi connectivity index (χ3v) is 6.04. The van der Waals surface area contributed by atoms with Crippen molar-refractivity contribution in [3.05, 3.63) is 0 Å². The Balaban J connectivity index is 1.36. The highest BCUT2D eigenvalue weighted by molar-refractivity contribution is 4.93. The lowest BCUT2D eigenvalue weighted by molar-refractivity contribution is 0.132. The molecule has 2 atom stereocenters. The van der Waals surface area contributed by atoms with Gasteiger partial charge in [-0.1, -0.05) is 25.7 Å². The molecule has 2 heterocycles. The average molecular weight is 264 g/mol. The molecule has 0 aromatic rings. The molecule has 3 fully saturated rings. The summed E-state index contributed by atoms with van der Waals surface area (Å²) in [7, 11) is 2.34. The topological polar surface area (TPSA) is 15.3 Å². The minimum absolute atomic E-state index is 0.906. The Kier molecular flexibility index (Phi) is 4.81. The lowest BCUT2D eigenvalue weighted by Crippen LogP contribution is -2.43. The van der Waals surface area contributed by atoms with E-state index in [1.165, 1.54) is 77.3 Å². The SMILES string of the molecule is CN1C2CCC1CC(CNCC1CCCCCC1)C2. The molecule has 2 nitrogen and oxygen atoms in total. The van der Waals surface area contributed by atoms with Gasteiger partial charge in [-0.05, 0) is 70.5 Å². The predicted molar refractivity (Wildman–Crippen MR) is 81.4 cm³/mol. The molecule has 110 valence electrons. The Bertz CT molecular complexity index is 256. The maximum atomic E-state index is 3.82. The first-order valence-electron chi connectivity index (χ1n) is 8.75. The van der Waals surface area contributed by atoms with E-state index in [0.29, 0.717) is 0 Å². The van der Waals surface area contributed by atoms with Gasteiger partial charge in [0.1, 0.15) is 0 Å². The fraction of sp³-hybridized carbons (Fsp3) is 1.00. The summed E-state index contributed by atoms with van der Waals surface area (Å²) in [6.07, 6.45) is 14.7. The lowest BCUT2D eigenvalue weighted by atomic mass is 9.91. The zero-order valence-corrected chi connectivity index (χ0v) is 12.7. The number of piperidine rings is 1. The van der Waals surface area contributed by atoms with Crippen molar-refractivity contribution in [2.24, 2.45) is 11.8 Å². The highest BCUT2D eigenvalue weighted by atomic mass is 15.2. The molecule has 3 aliphatic rings. The quantitative estimate of drug-likeness (QED) is 0.783. The molecular formula is C17H32N2. The molecule has 19 heavy (non-hydrogen) atoms. The number of nitrogens with zero attached hydrogens (tertiary/aromatic N) is 1. The van der Waals surface area contributed by atoms with Gasteiger partial charge in [0.2, 0.25) is 0 Å². The zero-order valence-electron chi connectivity index (χ0n) is 12.7. The molecule has 2 heteroatoms. The van der Waals surface area contributed by atoms with Gasteiger partial charge < -0.3 is 10.2 Å². The highest BCUT2D eigenvalue weighted by Crippen LogP contribution is 2.37. The van der Waals surface area contributed by atoms with Crippen LogP contribution in [-0.4, -0.2) is 37.1 Å². The minimum atomic E-state index is 0.906. The standard InChI is InChI=1S/C17H32N2/c1-19-16-8-9-17(19)11-15(10-16)13-18-12-14-6-4-2-3-5-7-14/h14-18H,2-13H2,1H3. The second kappa shape index (κ2) is 6.58. The van der Waals surface area contributed by atoms with E-state index >= 15 is 0 Å². The normalized spacial score (nSPS) is 37.4. The monoisotopic (exact) mass is 264 g/mol. The van der Waals surface area contributed by atoms with Crippen molar-refractivity contribution in [2.45, 2.75) is 76.3 Å². The number of nitrogens with one attached hydrogen (secondary N) is 1. The van der Waals surface area contributed by atoms with Crippen molar-refractivity contribution in [2.75, 3.05) is 20.1 Å². The number of rotatable bonds is 4. The first kappa shape index (κ1) is 13.9. The number of fused-ring (bicyclic) bond motifs is 2. The summed E-state index contributed by atoms with van der Waals surface area (Å²) in [5, 5.41) is 3.82. The number of hydrogen-bond donors (Lipinski definition) is 1. The fourth-order valence-corrected chi connectivity index (χ4v) is 4.75. The van der Waals surface area contributed by atoms with Crippen LogP contribution in [0.1, 0.15) is 64.2 Å². The second-order valence-electron chi connectivity index (χ2n) is 7.40. The summed E-state index contributed by atoms with van der Waals surface area (Å²) >= 11 is 0. The van der Waals surface area contributed by atoms with Gasteiger partial charge in [-0.2, -0.15) is 0 Å². The zero-order chi connectivity index (χ0) is 13.1. The molecule has 2 unspecified atom stereocenters. The van der Waals surface area contributed by atoms with Crippen LogP contribution in [0.5, 0.6) is 0 Å². The Hall–Kier alpha value is -0.0800. The number of hydrogen-bond acceptors (Lipinski definition) is 2. The van der Waals surface area contributed by atoms with E-state index in [4.69, 9.17) is 0 Å². The molecule has 3 rings (SSSR count). The summed E-state index contributed by atoms with van der Waals surface area (Å²) in [5.41, 5.74) is 0. The van der Waals surface area contributed by atoms with Gasteiger partial charge in [0.05, 0.1) is 0 Å². The van der Waals surface area contributed by atoms with E-state index in [1.54, 1.807) is 0 Å². The molecule has 2 bridgehead atoms. The van der Waals surface area contributed by atoms with Crippen molar-refractivity contribution in [1.82, 2.24) is 10.2 Å². The van der Waals surface area contributed by atoms with Crippen molar-refractivity contribution < 1.29 is 0 Å². The summed E-state index contributed by atoms with van der Waals surface area (Å²) in [6.45, 7) is 2.58. The van der Waals surface area contributed by atoms with E-state index in [2.05, 4.69) is 17.3 Å². The van der Waals surface area contributed by atoms with E-state index in [1.807, 2.05) is 0 Å². The van der Waals surface area contributed by atoms with Crippen LogP contribution in [0.25, 0.3) is 0 Å². The Morgan fingerprint density at radius 1 is 0.789 bits per heavy atom. The Morgan fingerprint density at radius 2 is 1.37 bits per heavy atom. The largest absolute Gasteiger partial charge is 0.316 e. The Morgan fingerprint density at radius 3 is 2.00 bits per heavy atom.